The maximum atomic E-state index is 12.1. The highest BCUT2D eigenvalue weighted by atomic mass is 32.1. The second-order valence-electron chi connectivity index (χ2n) is 4.54. The first-order valence-corrected chi connectivity index (χ1v) is 7.20. The van der Waals surface area contributed by atoms with Gasteiger partial charge in [-0.1, -0.05) is 6.07 Å². The second kappa shape index (κ2) is 6.87. The lowest BCUT2D eigenvalue weighted by Crippen LogP contribution is -2.40. The number of hydrogen-bond donors (Lipinski definition) is 1. The number of hydrogen-bond acceptors (Lipinski definition) is 4. The number of methoxy groups -OCH3 is 1. The van der Waals surface area contributed by atoms with Crippen LogP contribution in [0.5, 0.6) is 0 Å². The number of amides is 1. The van der Waals surface area contributed by atoms with Gasteiger partial charge in [0.1, 0.15) is 0 Å². The van der Waals surface area contributed by atoms with Gasteiger partial charge >= 0.3 is 0 Å². The van der Waals surface area contributed by atoms with Crippen LogP contribution >= 0.6 is 11.3 Å². The van der Waals surface area contributed by atoms with E-state index in [-0.39, 0.29) is 5.91 Å². The Labute approximate surface area is 112 Å². The van der Waals surface area contributed by atoms with E-state index < -0.39 is 0 Å². The van der Waals surface area contributed by atoms with Crippen molar-refractivity contribution in [3.05, 3.63) is 22.4 Å². The van der Waals surface area contributed by atoms with Gasteiger partial charge < -0.3 is 15.0 Å². The normalized spacial score (nSPS) is 14.7. The van der Waals surface area contributed by atoms with E-state index in [2.05, 4.69) is 11.4 Å². The van der Waals surface area contributed by atoms with Gasteiger partial charge in [-0.3, -0.25) is 4.79 Å². The molecule has 1 fully saturated rings. The van der Waals surface area contributed by atoms with Crippen LogP contribution in [0.1, 0.15) is 17.7 Å². The molecule has 0 spiro atoms. The Balaban J connectivity index is 1.83. The van der Waals surface area contributed by atoms with Crippen LogP contribution in [0.25, 0.3) is 0 Å². The molecule has 0 atom stereocenters. The fraction of sp³-hybridized carbons (Fsp3) is 0.615. The van der Waals surface area contributed by atoms with Crippen molar-refractivity contribution in [2.24, 2.45) is 0 Å². The molecule has 100 valence electrons. The molecule has 1 aromatic rings. The summed E-state index contributed by atoms with van der Waals surface area (Å²) in [6.45, 7) is 2.37. The summed E-state index contributed by atoms with van der Waals surface area (Å²) in [5.41, 5.74) is 0. The first-order chi connectivity index (χ1) is 8.79. The molecule has 18 heavy (non-hydrogen) atoms. The van der Waals surface area contributed by atoms with Crippen molar-refractivity contribution in [2.45, 2.75) is 25.4 Å². The zero-order chi connectivity index (χ0) is 12.8. The smallest absolute Gasteiger partial charge is 0.236 e. The molecule has 1 aromatic heterocycles. The van der Waals surface area contributed by atoms with Gasteiger partial charge in [0.05, 0.1) is 19.7 Å². The zero-order valence-electron chi connectivity index (χ0n) is 10.7. The third-order valence-corrected chi connectivity index (χ3v) is 3.83. The van der Waals surface area contributed by atoms with Gasteiger partial charge in [0, 0.05) is 24.6 Å². The van der Waals surface area contributed by atoms with Gasteiger partial charge in [-0.2, -0.15) is 0 Å². The van der Waals surface area contributed by atoms with Crippen LogP contribution in [-0.2, 0) is 16.1 Å². The van der Waals surface area contributed by atoms with E-state index in [0.29, 0.717) is 32.3 Å². The predicted octanol–water partition coefficient (Wildman–Crippen LogP) is 1.48. The molecule has 0 aromatic carbocycles. The molecule has 0 saturated heterocycles. The predicted molar refractivity (Wildman–Crippen MR) is 72.6 cm³/mol. The minimum atomic E-state index is 0.160. The van der Waals surface area contributed by atoms with Crippen LogP contribution < -0.4 is 5.32 Å². The van der Waals surface area contributed by atoms with Crippen molar-refractivity contribution >= 4 is 17.2 Å². The molecule has 5 heteroatoms. The van der Waals surface area contributed by atoms with Gasteiger partial charge in [0.25, 0.3) is 0 Å². The van der Waals surface area contributed by atoms with Crippen LogP contribution in [0.2, 0.25) is 0 Å². The Hall–Kier alpha value is -0.910. The Morgan fingerprint density at radius 1 is 1.61 bits per heavy atom. The molecule has 4 nitrogen and oxygen atoms in total. The molecular formula is C13H20N2O2S. The summed E-state index contributed by atoms with van der Waals surface area (Å²) in [6.07, 6.45) is 2.41. The lowest BCUT2D eigenvalue weighted by Gasteiger charge is -2.22. The third-order valence-electron chi connectivity index (χ3n) is 2.96. The molecule has 1 heterocycles. The molecule has 1 N–H and O–H groups in total. The van der Waals surface area contributed by atoms with Crippen LogP contribution in [0.4, 0.5) is 0 Å². The summed E-state index contributed by atoms with van der Waals surface area (Å²) in [7, 11) is 1.66. The minimum absolute atomic E-state index is 0.160. The SMILES string of the molecule is COCCN(Cc1cccs1)C(=O)CNC1CC1. The Morgan fingerprint density at radius 2 is 2.44 bits per heavy atom. The van der Waals surface area contributed by atoms with Crippen molar-refractivity contribution in [3.63, 3.8) is 0 Å². The van der Waals surface area contributed by atoms with Crippen LogP contribution in [0.15, 0.2) is 17.5 Å². The van der Waals surface area contributed by atoms with E-state index in [1.54, 1.807) is 18.4 Å². The van der Waals surface area contributed by atoms with E-state index in [1.165, 1.54) is 17.7 Å². The first kappa shape index (κ1) is 13.5. The van der Waals surface area contributed by atoms with Crippen molar-refractivity contribution < 1.29 is 9.53 Å². The average Bonchev–Trinajstić information content (AvgIpc) is 3.07. The van der Waals surface area contributed by atoms with Crippen LogP contribution in [-0.4, -0.2) is 43.7 Å². The van der Waals surface area contributed by atoms with E-state index >= 15 is 0 Å². The highest BCUT2D eigenvalue weighted by molar-refractivity contribution is 7.09. The standard InChI is InChI=1S/C13H20N2O2S/c1-17-7-6-15(10-12-3-2-8-18-12)13(16)9-14-11-4-5-11/h2-3,8,11,14H,4-7,9-10H2,1H3. The number of carbonyl (C=O) groups is 1. The average molecular weight is 268 g/mol. The molecule has 0 unspecified atom stereocenters. The summed E-state index contributed by atoms with van der Waals surface area (Å²) in [4.78, 5) is 15.2. The van der Waals surface area contributed by atoms with Gasteiger partial charge in [0.2, 0.25) is 5.91 Å². The zero-order valence-corrected chi connectivity index (χ0v) is 11.5. The molecule has 2 rings (SSSR count). The highest BCUT2D eigenvalue weighted by Crippen LogP contribution is 2.18. The molecule has 1 aliphatic carbocycles. The Kier molecular flexibility index (Phi) is 5.16. The van der Waals surface area contributed by atoms with E-state index in [4.69, 9.17) is 4.74 Å². The number of nitrogens with zero attached hydrogens (tertiary/aromatic N) is 1. The van der Waals surface area contributed by atoms with Crippen molar-refractivity contribution in [2.75, 3.05) is 26.8 Å². The largest absolute Gasteiger partial charge is 0.383 e. The molecular weight excluding hydrogens is 248 g/mol. The lowest BCUT2D eigenvalue weighted by atomic mass is 10.3. The number of thiophene rings is 1. The lowest BCUT2D eigenvalue weighted by molar-refractivity contribution is -0.131. The molecule has 1 amide bonds. The fourth-order valence-electron chi connectivity index (χ4n) is 1.71. The van der Waals surface area contributed by atoms with Crippen molar-refractivity contribution in [1.29, 1.82) is 0 Å². The van der Waals surface area contributed by atoms with Gasteiger partial charge in [-0.05, 0) is 24.3 Å². The Morgan fingerprint density at radius 3 is 3.06 bits per heavy atom. The van der Waals surface area contributed by atoms with Gasteiger partial charge in [0.15, 0.2) is 0 Å². The number of nitrogens with one attached hydrogen (secondary N) is 1. The topological polar surface area (TPSA) is 41.6 Å². The van der Waals surface area contributed by atoms with E-state index in [9.17, 15) is 4.79 Å². The first-order valence-electron chi connectivity index (χ1n) is 6.32. The summed E-state index contributed by atoms with van der Waals surface area (Å²) in [6, 6.07) is 4.65. The summed E-state index contributed by atoms with van der Waals surface area (Å²) >= 11 is 1.68. The van der Waals surface area contributed by atoms with Crippen LogP contribution in [0, 0.1) is 0 Å². The Bertz CT molecular complexity index is 363. The molecule has 0 bridgehead atoms. The van der Waals surface area contributed by atoms with Crippen LogP contribution in [0.3, 0.4) is 0 Å². The molecule has 1 aliphatic rings. The van der Waals surface area contributed by atoms with E-state index in [0.717, 1.165) is 0 Å². The summed E-state index contributed by atoms with van der Waals surface area (Å²) in [5.74, 6) is 0.160. The van der Waals surface area contributed by atoms with E-state index in [1.807, 2.05) is 16.3 Å². The maximum Gasteiger partial charge on any atom is 0.236 e. The van der Waals surface area contributed by atoms with Crippen molar-refractivity contribution in [3.8, 4) is 0 Å². The monoisotopic (exact) mass is 268 g/mol. The minimum Gasteiger partial charge on any atom is -0.383 e. The number of ether oxygens (including phenoxy) is 1. The van der Waals surface area contributed by atoms with Crippen molar-refractivity contribution in [1.82, 2.24) is 10.2 Å². The van der Waals surface area contributed by atoms with Gasteiger partial charge in [-0.15, -0.1) is 11.3 Å². The second-order valence-corrected chi connectivity index (χ2v) is 5.57. The molecule has 0 aliphatic heterocycles. The summed E-state index contributed by atoms with van der Waals surface area (Å²) in [5, 5.41) is 5.30. The molecule has 1 saturated carbocycles. The van der Waals surface area contributed by atoms with Gasteiger partial charge in [-0.25, -0.2) is 0 Å². The third kappa shape index (κ3) is 4.40. The number of carbonyl (C=O) groups excluding carboxylic acids is 1. The maximum absolute atomic E-state index is 12.1. The fourth-order valence-corrected chi connectivity index (χ4v) is 2.43. The highest BCUT2D eigenvalue weighted by Gasteiger charge is 2.22. The summed E-state index contributed by atoms with van der Waals surface area (Å²) < 4.78 is 5.07. The molecule has 0 radical (unpaired) electrons. The quantitative estimate of drug-likeness (QED) is 0.776. The number of rotatable bonds is 8.